The van der Waals surface area contributed by atoms with Gasteiger partial charge in [0, 0.05) is 18.5 Å². The molecule has 0 bridgehead atoms. The first kappa shape index (κ1) is 18.7. The Balaban J connectivity index is 1.41. The summed E-state index contributed by atoms with van der Waals surface area (Å²) in [5.74, 6) is 0.594. The zero-order chi connectivity index (χ0) is 16.3. The summed E-state index contributed by atoms with van der Waals surface area (Å²) in [5.41, 5.74) is 0. The lowest BCUT2D eigenvalue weighted by atomic mass is 9.89. The molecule has 2 aliphatic carbocycles. The van der Waals surface area contributed by atoms with Crippen molar-refractivity contribution in [2.75, 3.05) is 33.2 Å². The molecule has 2 aliphatic rings. The Morgan fingerprint density at radius 3 is 2.22 bits per heavy atom. The predicted octanol–water partition coefficient (Wildman–Crippen LogP) is 2.93. The average molecular weight is 324 g/mol. The smallest absolute Gasteiger partial charge is 0.223 e. The maximum absolute atomic E-state index is 12.0. The molecular formula is C19H37N3O. The van der Waals surface area contributed by atoms with E-state index in [0.29, 0.717) is 11.8 Å². The van der Waals surface area contributed by atoms with Crippen LogP contribution >= 0.6 is 0 Å². The third-order valence-corrected chi connectivity index (χ3v) is 5.50. The largest absolute Gasteiger partial charge is 0.356 e. The fourth-order valence-corrected chi connectivity index (χ4v) is 3.97. The molecule has 0 heterocycles. The molecular weight excluding hydrogens is 286 g/mol. The molecule has 0 aromatic carbocycles. The molecule has 23 heavy (non-hydrogen) atoms. The molecule has 0 unspecified atom stereocenters. The van der Waals surface area contributed by atoms with Crippen LogP contribution in [0.4, 0.5) is 0 Å². The first-order chi connectivity index (χ1) is 11.3. The second-order valence-corrected chi connectivity index (χ2v) is 7.57. The summed E-state index contributed by atoms with van der Waals surface area (Å²) < 4.78 is 0. The van der Waals surface area contributed by atoms with E-state index in [1.807, 2.05) is 0 Å². The highest BCUT2D eigenvalue weighted by atomic mass is 16.1. The van der Waals surface area contributed by atoms with E-state index in [4.69, 9.17) is 0 Å². The molecule has 2 rings (SSSR count). The van der Waals surface area contributed by atoms with Gasteiger partial charge in [-0.25, -0.2) is 0 Å². The van der Waals surface area contributed by atoms with Crippen LogP contribution < -0.4 is 10.6 Å². The van der Waals surface area contributed by atoms with Crippen LogP contribution in [0.2, 0.25) is 0 Å². The number of nitrogens with zero attached hydrogens (tertiary/aromatic N) is 1. The second-order valence-electron chi connectivity index (χ2n) is 7.57. The summed E-state index contributed by atoms with van der Waals surface area (Å²) in [4.78, 5) is 14.4. The van der Waals surface area contributed by atoms with Crippen LogP contribution in [0.15, 0.2) is 0 Å². The van der Waals surface area contributed by atoms with Crippen molar-refractivity contribution in [1.82, 2.24) is 15.5 Å². The van der Waals surface area contributed by atoms with E-state index in [2.05, 4.69) is 22.6 Å². The highest BCUT2D eigenvalue weighted by molar-refractivity contribution is 5.78. The molecule has 2 fully saturated rings. The quantitative estimate of drug-likeness (QED) is 0.608. The van der Waals surface area contributed by atoms with Crippen LogP contribution in [0.25, 0.3) is 0 Å². The molecule has 2 saturated carbocycles. The van der Waals surface area contributed by atoms with Gasteiger partial charge in [-0.2, -0.15) is 0 Å². The summed E-state index contributed by atoms with van der Waals surface area (Å²) in [6.07, 6.45) is 13.8. The molecule has 0 aromatic heterocycles. The summed E-state index contributed by atoms with van der Waals surface area (Å²) in [5, 5.41) is 6.81. The van der Waals surface area contributed by atoms with Crippen molar-refractivity contribution in [2.45, 2.75) is 76.7 Å². The Bertz CT molecular complexity index is 323. The van der Waals surface area contributed by atoms with Crippen molar-refractivity contribution in [2.24, 2.45) is 5.92 Å². The van der Waals surface area contributed by atoms with Gasteiger partial charge < -0.3 is 15.5 Å². The number of hydrogen-bond donors (Lipinski definition) is 2. The SMILES string of the molecule is CN(CCCNC(=O)C1CCCCC1)CCCNC1CCCC1. The Labute approximate surface area is 142 Å². The van der Waals surface area contributed by atoms with Crippen molar-refractivity contribution >= 4 is 5.91 Å². The minimum absolute atomic E-state index is 0.295. The Morgan fingerprint density at radius 2 is 1.52 bits per heavy atom. The summed E-state index contributed by atoms with van der Waals surface area (Å²) in [6, 6.07) is 0.787. The Hall–Kier alpha value is -0.610. The van der Waals surface area contributed by atoms with E-state index >= 15 is 0 Å². The number of hydrogen-bond acceptors (Lipinski definition) is 3. The fraction of sp³-hybridized carbons (Fsp3) is 0.947. The topological polar surface area (TPSA) is 44.4 Å². The molecule has 0 atom stereocenters. The lowest BCUT2D eigenvalue weighted by Crippen LogP contribution is -2.34. The lowest BCUT2D eigenvalue weighted by molar-refractivity contribution is -0.125. The standard InChI is InChI=1S/C19H37N3O/c1-22(15-7-13-20-18-11-5-6-12-18)16-8-14-21-19(23)17-9-3-2-4-10-17/h17-18,20H,2-16H2,1H3,(H,21,23). The zero-order valence-corrected chi connectivity index (χ0v) is 15.1. The molecule has 134 valence electrons. The average Bonchev–Trinajstić information content (AvgIpc) is 3.09. The van der Waals surface area contributed by atoms with Gasteiger partial charge >= 0.3 is 0 Å². The summed E-state index contributed by atoms with van der Waals surface area (Å²) >= 11 is 0. The Morgan fingerprint density at radius 1 is 0.913 bits per heavy atom. The van der Waals surface area contributed by atoms with Crippen LogP contribution in [-0.4, -0.2) is 50.1 Å². The van der Waals surface area contributed by atoms with Gasteiger partial charge in [0.15, 0.2) is 0 Å². The molecule has 0 aromatic rings. The van der Waals surface area contributed by atoms with E-state index in [1.165, 1.54) is 51.4 Å². The van der Waals surface area contributed by atoms with Crippen LogP contribution in [0.5, 0.6) is 0 Å². The normalized spacial score (nSPS) is 20.3. The Kier molecular flexibility index (Phi) is 8.98. The molecule has 0 aliphatic heterocycles. The number of carbonyl (C=O) groups excluding carboxylic acids is 1. The van der Waals surface area contributed by atoms with E-state index in [-0.39, 0.29) is 0 Å². The minimum atomic E-state index is 0.295. The molecule has 2 N–H and O–H groups in total. The number of carbonyl (C=O) groups is 1. The molecule has 4 nitrogen and oxygen atoms in total. The summed E-state index contributed by atoms with van der Waals surface area (Å²) in [7, 11) is 2.19. The maximum atomic E-state index is 12.0. The first-order valence-corrected chi connectivity index (χ1v) is 9.95. The third-order valence-electron chi connectivity index (χ3n) is 5.50. The van der Waals surface area contributed by atoms with Crippen LogP contribution in [-0.2, 0) is 4.79 Å². The van der Waals surface area contributed by atoms with Crippen molar-refractivity contribution in [3.63, 3.8) is 0 Å². The number of rotatable bonds is 10. The molecule has 0 radical (unpaired) electrons. The van der Waals surface area contributed by atoms with E-state index in [1.54, 1.807) is 0 Å². The molecule has 0 spiro atoms. The minimum Gasteiger partial charge on any atom is -0.356 e. The van der Waals surface area contributed by atoms with Gasteiger partial charge in [-0.05, 0) is 65.2 Å². The lowest BCUT2D eigenvalue weighted by Gasteiger charge is -2.21. The molecule has 0 saturated heterocycles. The maximum Gasteiger partial charge on any atom is 0.223 e. The van der Waals surface area contributed by atoms with Crippen LogP contribution in [0, 0.1) is 5.92 Å². The van der Waals surface area contributed by atoms with E-state index < -0.39 is 0 Å². The molecule has 1 amide bonds. The number of amides is 1. The zero-order valence-electron chi connectivity index (χ0n) is 15.1. The van der Waals surface area contributed by atoms with Gasteiger partial charge in [-0.15, -0.1) is 0 Å². The summed E-state index contributed by atoms with van der Waals surface area (Å²) in [6.45, 7) is 4.21. The third kappa shape index (κ3) is 7.67. The van der Waals surface area contributed by atoms with Gasteiger partial charge in [0.05, 0.1) is 0 Å². The van der Waals surface area contributed by atoms with Crippen LogP contribution in [0.1, 0.15) is 70.6 Å². The van der Waals surface area contributed by atoms with E-state index in [0.717, 1.165) is 51.5 Å². The monoisotopic (exact) mass is 323 g/mol. The van der Waals surface area contributed by atoms with Gasteiger partial charge in [-0.3, -0.25) is 4.79 Å². The van der Waals surface area contributed by atoms with Gasteiger partial charge in [-0.1, -0.05) is 32.1 Å². The van der Waals surface area contributed by atoms with Gasteiger partial charge in [0.1, 0.15) is 0 Å². The van der Waals surface area contributed by atoms with Crippen molar-refractivity contribution in [1.29, 1.82) is 0 Å². The van der Waals surface area contributed by atoms with E-state index in [9.17, 15) is 4.79 Å². The second kappa shape index (κ2) is 11.0. The van der Waals surface area contributed by atoms with Gasteiger partial charge in [0.25, 0.3) is 0 Å². The van der Waals surface area contributed by atoms with Crippen molar-refractivity contribution < 1.29 is 4.79 Å². The number of nitrogens with one attached hydrogen (secondary N) is 2. The fourth-order valence-electron chi connectivity index (χ4n) is 3.97. The van der Waals surface area contributed by atoms with Crippen molar-refractivity contribution in [3.8, 4) is 0 Å². The molecule has 4 heteroatoms. The highest BCUT2D eigenvalue weighted by Gasteiger charge is 2.20. The van der Waals surface area contributed by atoms with Crippen LogP contribution in [0.3, 0.4) is 0 Å². The first-order valence-electron chi connectivity index (χ1n) is 9.95. The predicted molar refractivity (Wildman–Crippen MR) is 96.6 cm³/mol. The van der Waals surface area contributed by atoms with Gasteiger partial charge in [0.2, 0.25) is 5.91 Å². The highest BCUT2D eigenvalue weighted by Crippen LogP contribution is 2.23. The van der Waals surface area contributed by atoms with Crippen molar-refractivity contribution in [3.05, 3.63) is 0 Å².